The van der Waals surface area contributed by atoms with Crippen LogP contribution in [0.2, 0.25) is 0 Å². The highest BCUT2D eigenvalue weighted by Crippen LogP contribution is 2.43. The Morgan fingerprint density at radius 1 is 1.21 bits per heavy atom. The number of methoxy groups -OCH3 is 1. The van der Waals surface area contributed by atoms with E-state index in [-0.39, 0.29) is 36.2 Å². The van der Waals surface area contributed by atoms with Crippen molar-refractivity contribution < 1.29 is 18.7 Å². The predicted molar refractivity (Wildman–Crippen MR) is 121 cm³/mol. The van der Waals surface area contributed by atoms with E-state index in [0.29, 0.717) is 11.3 Å². The maximum Gasteiger partial charge on any atom is 0.325 e. The molecule has 4 aromatic rings. The zero-order valence-electron chi connectivity index (χ0n) is 18.3. The molecule has 0 saturated heterocycles. The number of pyridine rings is 2. The van der Waals surface area contributed by atoms with Gasteiger partial charge in [0.1, 0.15) is 18.1 Å². The van der Waals surface area contributed by atoms with Crippen LogP contribution < -0.4 is 5.32 Å². The maximum atomic E-state index is 14.0. The second kappa shape index (κ2) is 8.27. The van der Waals surface area contributed by atoms with Crippen LogP contribution in [0.4, 0.5) is 4.39 Å². The van der Waals surface area contributed by atoms with E-state index >= 15 is 0 Å². The van der Waals surface area contributed by atoms with E-state index in [0.717, 1.165) is 40.4 Å². The topological polar surface area (TPSA) is 86.1 Å². The molecule has 1 aliphatic carbocycles. The SMILES string of the molecule is COC(=O)Cn1c(C)c(C2CC(NC(=O)c3ccc4cccnc4n3)C2)c2cc(F)ccc21. The summed E-state index contributed by atoms with van der Waals surface area (Å²) in [5.41, 5.74) is 3.60. The van der Waals surface area contributed by atoms with Crippen molar-refractivity contribution in [3.8, 4) is 0 Å². The molecule has 8 heteroatoms. The van der Waals surface area contributed by atoms with Crippen molar-refractivity contribution >= 4 is 33.8 Å². The fourth-order valence-corrected chi connectivity index (χ4v) is 4.70. The molecule has 1 N–H and O–H groups in total. The number of esters is 1. The summed E-state index contributed by atoms with van der Waals surface area (Å²) >= 11 is 0. The minimum atomic E-state index is -0.359. The van der Waals surface area contributed by atoms with Gasteiger partial charge in [-0.25, -0.2) is 14.4 Å². The molecule has 0 spiro atoms. The molecule has 168 valence electrons. The number of rotatable bonds is 5. The van der Waals surface area contributed by atoms with Crippen molar-refractivity contribution in [2.24, 2.45) is 0 Å². The molecule has 0 aliphatic heterocycles. The first kappa shape index (κ1) is 21.1. The fourth-order valence-electron chi connectivity index (χ4n) is 4.70. The third-order valence-corrected chi connectivity index (χ3v) is 6.43. The first-order valence-corrected chi connectivity index (χ1v) is 10.8. The number of nitrogens with one attached hydrogen (secondary N) is 1. The fraction of sp³-hybridized carbons (Fsp3) is 0.280. The molecule has 0 radical (unpaired) electrons. The number of fused-ring (bicyclic) bond motifs is 2. The second-order valence-corrected chi connectivity index (χ2v) is 8.41. The number of benzene rings is 1. The molecule has 1 saturated carbocycles. The summed E-state index contributed by atoms with van der Waals surface area (Å²) in [7, 11) is 1.35. The third kappa shape index (κ3) is 3.82. The van der Waals surface area contributed by atoms with E-state index in [4.69, 9.17) is 4.74 Å². The minimum Gasteiger partial charge on any atom is -0.468 e. The number of aromatic nitrogens is 3. The van der Waals surface area contributed by atoms with Crippen LogP contribution in [0.5, 0.6) is 0 Å². The van der Waals surface area contributed by atoms with E-state index in [2.05, 4.69) is 15.3 Å². The Labute approximate surface area is 189 Å². The van der Waals surface area contributed by atoms with Crippen LogP contribution in [0.1, 0.15) is 40.5 Å². The monoisotopic (exact) mass is 446 g/mol. The Hall–Kier alpha value is -3.81. The van der Waals surface area contributed by atoms with Gasteiger partial charge in [-0.15, -0.1) is 0 Å². The number of hydrogen-bond acceptors (Lipinski definition) is 5. The van der Waals surface area contributed by atoms with Crippen LogP contribution in [0.15, 0.2) is 48.7 Å². The summed E-state index contributed by atoms with van der Waals surface area (Å²) in [6.07, 6.45) is 3.11. The number of ether oxygens (including phenoxy) is 1. The molecule has 0 bridgehead atoms. The van der Waals surface area contributed by atoms with Gasteiger partial charge in [-0.1, -0.05) is 0 Å². The quantitative estimate of drug-likeness (QED) is 0.470. The third-order valence-electron chi connectivity index (χ3n) is 6.43. The summed E-state index contributed by atoms with van der Waals surface area (Å²) in [6, 6.07) is 11.9. The van der Waals surface area contributed by atoms with E-state index in [1.165, 1.54) is 19.2 Å². The minimum absolute atomic E-state index is 0.00399. The lowest BCUT2D eigenvalue weighted by Crippen LogP contribution is -2.43. The van der Waals surface area contributed by atoms with Crippen molar-refractivity contribution in [1.29, 1.82) is 0 Å². The molecule has 33 heavy (non-hydrogen) atoms. The molecule has 3 heterocycles. The molecule has 0 atom stereocenters. The molecular formula is C25H23FN4O3. The summed E-state index contributed by atoms with van der Waals surface area (Å²) in [4.78, 5) is 33.2. The number of carbonyl (C=O) groups excluding carboxylic acids is 2. The van der Waals surface area contributed by atoms with Crippen molar-refractivity contribution in [1.82, 2.24) is 19.9 Å². The van der Waals surface area contributed by atoms with E-state index in [1.807, 2.05) is 29.7 Å². The van der Waals surface area contributed by atoms with Gasteiger partial charge >= 0.3 is 5.97 Å². The number of nitrogens with zero attached hydrogens (tertiary/aromatic N) is 3. The number of halogens is 1. The average molecular weight is 446 g/mol. The van der Waals surface area contributed by atoms with Crippen molar-refractivity contribution in [3.05, 3.63) is 71.4 Å². The average Bonchev–Trinajstić information content (AvgIpc) is 3.05. The van der Waals surface area contributed by atoms with Gasteiger partial charge in [0.25, 0.3) is 5.91 Å². The molecule has 1 aromatic carbocycles. The Kier molecular flexibility index (Phi) is 5.28. The molecule has 0 unspecified atom stereocenters. The van der Waals surface area contributed by atoms with Crippen molar-refractivity contribution in [2.75, 3.05) is 7.11 Å². The van der Waals surface area contributed by atoms with E-state index in [9.17, 15) is 14.0 Å². The zero-order valence-corrected chi connectivity index (χ0v) is 18.3. The highest BCUT2D eigenvalue weighted by molar-refractivity contribution is 5.94. The van der Waals surface area contributed by atoms with Gasteiger partial charge in [-0.3, -0.25) is 9.59 Å². The van der Waals surface area contributed by atoms with Gasteiger partial charge in [-0.05, 0) is 73.7 Å². The van der Waals surface area contributed by atoms with Crippen LogP contribution in [-0.4, -0.2) is 39.6 Å². The van der Waals surface area contributed by atoms with Gasteiger partial charge < -0.3 is 14.6 Å². The molecule has 5 rings (SSSR count). The van der Waals surface area contributed by atoms with E-state index < -0.39 is 0 Å². The molecular weight excluding hydrogens is 423 g/mol. The molecule has 1 fully saturated rings. The highest BCUT2D eigenvalue weighted by atomic mass is 19.1. The van der Waals surface area contributed by atoms with Gasteiger partial charge in [-0.2, -0.15) is 0 Å². The first-order valence-electron chi connectivity index (χ1n) is 10.8. The van der Waals surface area contributed by atoms with Crippen LogP contribution in [0, 0.1) is 12.7 Å². The summed E-state index contributed by atoms with van der Waals surface area (Å²) in [6.45, 7) is 2.01. The normalized spacial score (nSPS) is 17.7. The van der Waals surface area contributed by atoms with Gasteiger partial charge in [0.15, 0.2) is 5.65 Å². The lowest BCUT2D eigenvalue weighted by molar-refractivity contribution is -0.141. The molecule has 7 nitrogen and oxygen atoms in total. The number of carbonyl (C=O) groups is 2. The number of amides is 1. The Balaban J connectivity index is 1.34. The molecule has 1 amide bonds. The Morgan fingerprint density at radius 3 is 2.82 bits per heavy atom. The zero-order chi connectivity index (χ0) is 23.1. The largest absolute Gasteiger partial charge is 0.468 e. The van der Waals surface area contributed by atoms with Crippen molar-refractivity contribution in [3.63, 3.8) is 0 Å². The maximum absolute atomic E-state index is 14.0. The second-order valence-electron chi connectivity index (χ2n) is 8.41. The smallest absolute Gasteiger partial charge is 0.325 e. The lowest BCUT2D eigenvalue weighted by atomic mass is 9.75. The van der Waals surface area contributed by atoms with Crippen LogP contribution in [-0.2, 0) is 16.1 Å². The Bertz CT molecular complexity index is 1390. The summed E-state index contributed by atoms with van der Waals surface area (Å²) in [5, 5.41) is 4.72. The van der Waals surface area contributed by atoms with Crippen LogP contribution in [0.3, 0.4) is 0 Å². The van der Waals surface area contributed by atoms with Gasteiger partial charge in [0, 0.05) is 34.2 Å². The molecule has 3 aromatic heterocycles. The molecule has 1 aliphatic rings. The lowest BCUT2D eigenvalue weighted by Gasteiger charge is -2.36. The predicted octanol–water partition coefficient (Wildman–Crippen LogP) is 3.88. The van der Waals surface area contributed by atoms with E-state index in [1.54, 1.807) is 18.3 Å². The van der Waals surface area contributed by atoms with Gasteiger partial charge in [0.2, 0.25) is 0 Å². The number of hydrogen-bond donors (Lipinski definition) is 1. The van der Waals surface area contributed by atoms with Crippen LogP contribution >= 0.6 is 0 Å². The van der Waals surface area contributed by atoms with Gasteiger partial charge in [0.05, 0.1) is 7.11 Å². The first-order chi connectivity index (χ1) is 15.9. The van der Waals surface area contributed by atoms with Crippen LogP contribution in [0.25, 0.3) is 21.9 Å². The summed E-state index contributed by atoms with van der Waals surface area (Å²) in [5.74, 6) is -0.757. The highest BCUT2D eigenvalue weighted by Gasteiger charge is 2.35. The standard InChI is InChI=1S/C25H23FN4O3/c1-14-23(19-12-17(26)6-8-21(19)30(14)13-22(31)33-2)16-10-18(11-16)28-25(32)20-7-5-15-4-3-9-27-24(15)29-20/h3-9,12,16,18H,10-11,13H2,1-2H3,(H,28,32). The van der Waals surface area contributed by atoms with Crippen molar-refractivity contribution in [2.45, 2.75) is 38.3 Å². The summed E-state index contributed by atoms with van der Waals surface area (Å²) < 4.78 is 20.7. The Morgan fingerprint density at radius 2 is 2.03 bits per heavy atom.